The summed E-state index contributed by atoms with van der Waals surface area (Å²) in [6.07, 6.45) is 4.42. The molecule has 0 saturated heterocycles. The van der Waals surface area contributed by atoms with Crippen LogP contribution >= 0.6 is 23.2 Å². The fraction of sp³-hybridized carbons (Fsp3) is 0.308. The van der Waals surface area contributed by atoms with Crippen LogP contribution in [0.4, 0.5) is 0 Å². The summed E-state index contributed by atoms with van der Waals surface area (Å²) in [6, 6.07) is 5.54. The Kier molecular flexibility index (Phi) is 4.27. The van der Waals surface area contributed by atoms with E-state index in [2.05, 4.69) is 9.55 Å². The largest absolute Gasteiger partial charge is 0.333 e. The Bertz CT molecular complexity index is 535. The van der Waals surface area contributed by atoms with Crippen LogP contribution in [0.25, 0.3) is 0 Å². The fourth-order valence-electron chi connectivity index (χ4n) is 1.86. The van der Waals surface area contributed by atoms with Crippen molar-refractivity contribution in [3.05, 3.63) is 52.0 Å². The van der Waals surface area contributed by atoms with Gasteiger partial charge in [0.2, 0.25) is 0 Å². The maximum absolute atomic E-state index is 6.14. The lowest BCUT2D eigenvalue weighted by Crippen LogP contribution is -2.12. The molecular weight excluding hydrogens is 269 g/mol. The van der Waals surface area contributed by atoms with E-state index in [1.54, 1.807) is 18.6 Å². The van der Waals surface area contributed by atoms with Gasteiger partial charge in [0.05, 0.1) is 12.0 Å². The zero-order chi connectivity index (χ0) is 13.1. The molecule has 0 radical (unpaired) electrons. The molecule has 1 atom stereocenters. The van der Waals surface area contributed by atoms with Crippen LogP contribution in [-0.4, -0.2) is 9.55 Å². The summed E-state index contributed by atoms with van der Waals surface area (Å²) in [6.45, 7) is 2.75. The molecule has 1 aromatic carbocycles. The minimum atomic E-state index is -0.0202. The average Bonchev–Trinajstić information content (AvgIpc) is 2.76. The number of aryl methyl sites for hydroxylation is 2. The number of rotatable bonds is 4. The van der Waals surface area contributed by atoms with Gasteiger partial charge in [-0.15, -0.1) is 0 Å². The van der Waals surface area contributed by atoms with E-state index >= 15 is 0 Å². The first kappa shape index (κ1) is 13.4. The van der Waals surface area contributed by atoms with Crippen molar-refractivity contribution in [3.8, 4) is 0 Å². The molecule has 1 aromatic heterocycles. The molecule has 18 heavy (non-hydrogen) atoms. The van der Waals surface area contributed by atoms with E-state index in [9.17, 15) is 0 Å². The molecule has 2 rings (SSSR count). The van der Waals surface area contributed by atoms with Gasteiger partial charge >= 0.3 is 0 Å². The Morgan fingerprint density at radius 2 is 2.17 bits per heavy atom. The van der Waals surface area contributed by atoms with Crippen molar-refractivity contribution in [2.75, 3.05) is 0 Å². The number of hydrogen-bond acceptors (Lipinski definition) is 2. The molecule has 1 unspecified atom stereocenters. The molecule has 96 valence electrons. The van der Waals surface area contributed by atoms with Gasteiger partial charge in [-0.05, 0) is 31.0 Å². The normalized spacial score (nSPS) is 12.7. The predicted octanol–water partition coefficient (Wildman–Crippen LogP) is 3.45. The summed E-state index contributed by atoms with van der Waals surface area (Å²) >= 11 is 12.0. The number of halogens is 2. The topological polar surface area (TPSA) is 43.8 Å². The molecule has 0 aliphatic heterocycles. The highest BCUT2D eigenvalue weighted by atomic mass is 35.5. The molecule has 0 aliphatic rings. The molecule has 1 heterocycles. The lowest BCUT2D eigenvalue weighted by molar-refractivity contribution is 0.624. The third kappa shape index (κ3) is 3.05. The van der Waals surface area contributed by atoms with Crippen LogP contribution in [-0.2, 0) is 13.0 Å². The number of imidazole rings is 1. The molecule has 3 nitrogen and oxygen atoms in total. The van der Waals surface area contributed by atoms with E-state index in [4.69, 9.17) is 28.9 Å². The molecule has 0 spiro atoms. The maximum Gasteiger partial charge on any atom is 0.0948 e. The molecular formula is C13H15Cl2N3. The Morgan fingerprint density at radius 3 is 2.83 bits per heavy atom. The van der Waals surface area contributed by atoms with Gasteiger partial charge in [0, 0.05) is 28.8 Å². The predicted molar refractivity (Wildman–Crippen MR) is 75.0 cm³/mol. The third-order valence-electron chi connectivity index (χ3n) is 2.85. The molecule has 5 heteroatoms. The molecule has 0 amide bonds. The highest BCUT2D eigenvalue weighted by Gasteiger charge is 2.07. The van der Waals surface area contributed by atoms with Gasteiger partial charge in [0.25, 0.3) is 0 Å². The van der Waals surface area contributed by atoms with E-state index in [1.165, 1.54) is 0 Å². The van der Waals surface area contributed by atoms with Crippen LogP contribution < -0.4 is 5.73 Å². The minimum Gasteiger partial charge on any atom is -0.333 e. The van der Waals surface area contributed by atoms with Crippen molar-refractivity contribution in [1.82, 2.24) is 9.55 Å². The van der Waals surface area contributed by atoms with Crippen molar-refractivity contribution in [1.29, 1.82) is 0 Å². The smallest absolute Gasteiger partial charge is 0.0948 e. The van der Waals surface area contributed by atoms with Crippen molar-refractivity contribution < 1.29 is 0 Å². The number of nitrogens with two attached hydrogens (primary N) is 1. The van der Waals surface area contributed by atoms with Gasteiger partial charge in [-0.2, -0.15) is 0 Å². The van der Waals surface area contributed by atoms with Crippen molar-refractivity contribution in [2.24, 2.45) is 5.73 Å². The molecule has 0 saturated carbocycles. The van der Waals surface area contributed by atoms with Crippen molar-refractivity contribution >= 4 is 23.2 Å². The summed E-state index contributed by atoms with van der Waals surface area (Å²) in [7, 11) is 0. The van der Waals surface area contributed by atoms with Gasteiger partial charge in [-0.25, -0.2) is 4.98 Å². The highest BCUT2D eigenvalue weighted by Crippen LogP contribution is 2.22. The van der Waals surface area contributed by atoms with Gasteiger partial charge in [-0.3, -0.25) is 0 Å². The first-order valence-electron chi connectivity index (χ1n) is 5.77. The van der Waals surface area contributed by atoms with Crippen LogP contribution in [0.5, 0.6) is 0 Å². The Balaban J connectivity index is 2.09. The van der Waals surface area contributed by atoms with Crippen LogP contribution in [0.1, 0.15) is 24.2 Å². The van der Waals surface area contributed by atoms with Crippen molar-refractivity contribution in [2.45, 2.75) is 25.9 Å². The Hall–Kier alpha value is -1.03. The zero-order valence-corrected chi connectivity index (χ0v) is 11.6. The molecule has 2 aromatic rings. The number of aromatic nitrogens is 2. The second kappa shape index (κ2) is 5.74. The van der Waals surface area contributed by atoms with Gasteiger partial charge in [0.15, 0.2) is 0 Å². The maximum atomic E-state index is 6.14. The van der Waals surface area contributed by atoms with Crippen LogP contribution in [0, 0.1) is 0 Å². The van der Waals surface area contributed by atoms with E-state index in [0.717, 1.165) is 24.2 Å². The van der Waals surface area contributed by atoms with Crippen molar-refractivity contribution in [3.63, 3.8) is 0 Å². The number of benzene rings is 1. The lowest BCUT2D eigenvalue weighted by atomic mass is 10.1. The molecule has 0 bridgehead atoms. The lowest BCUT2D eigenvalue weighted by Gasteiger charge is -2.11. The zero-order valence-electron chi connectivity index (χ0n) is 10.1. The Labute approximate surface area is 117 Å². The minimum absolute atomic E-state index is 0.0202. The summed E-state index contributed by atoms with van der Waals surface area (Å²) in [5.74, 6) is 0. The summed E-state index contributed by atoms with van der Waals surface area (Å²) in [5, 5.41) is 1.35. The van der Waals surface area contributed by atoms with Gasteiger partial charge in [-0.1, -0.05) is 29.3 Å². The third-order valence-corrected chi connectivity index (χ3v) is 3.44. The Morgan fingerprint density at radius 1 is 1.39 bits per heavy atom. The van der Waals surface area contributed by atoms with Gasteiger partial charge in [0.1, 0.15) is 0 Å². The monoisotopic (exact) mass is 283 g/mol. The molecule has 0 aliphatic carbocycles. The fourth-order valence-corrected chi connectivity index (χ4v) is 2.37. The van der Waals surface area contributed by atoms with E-state index in [-0.39, 0.29) is 6.04 Å². The second-order valence-corrected chi connectivity index (χ2v) is 5.13. The van der Waals surface area contributed by atoms with Gasteiger partial charge < -0.3 is 10.3 Å². The molecule has 0 fully saturated rings. The summed E-state index contributed by atoms with van der Waals surface area (Å²) in [4.78, 5) is 4.12. The first-order chi connectivity index (χ1) is 8.58. The van der Waals surface area contributed by atoms with Crippen LogP contribution in [0.3, 0.4) is 0 Å². The quantitative estimate of drug-likeness (QED) is 0.934. The SMILES string of the molecule is CC(N)c1cncn1CCc1ccc(Cl)cc1Cl. The van der Waals surface area contributed by atoms with E-state index in [0.29, 0.717) is 10.0 Å². The summed E-state index contributed by atoms with van der Waals surface area (Å²) < 4.78 is 2.05. The first-order valence-corrected chi connectivity index (χ1v) is 6.53. The van der Waals surface area contributed by atoms with E-state index in [1.807, 2.05) is 19.1 Å². The van der Waals surface area contributed by atoms with Crippen LogP contribution in [0.15, 0.2) is 30.7 Å². The average molecular weight is 284 g/mol. The number of hydrogen-bond donors (Lipinski definition) is 1. The van der Waals surface area contributed by atoms with E-state index < -0.39 is 0 Å². The molecule has 2 N–H and O–H groups in total. The highest BCUT2D eigenvalue weighted by molar-refractivity contribution is 6.35. The second-order valence-electron chi connectivity index (χ2n) is 4.29. The van der Waals surface area contributed by atoms with Crippen LogP contribution in [0.2, 0.25) is 10.0 Å². The summed E-state index contributed by atoms with van der Waals surface area (Å²) in [5.41, 5.74) is 7.98. The standard InChI is InChI=1S/C13H15Cl2N3/c1-9(16)13-7-17-8-18(13)5-4-10-2-3-11(14)6-12(10)15/h2-3,6-9H,4-5,16H2,1H3. The number of nitrogens with zero attached hydrogens (tertiary/aromatic N) is 2.